The molecule has 0 aromatic heterocycles. The maximum Gasteiger partial charge on any atom is 0.324 e. The normalized spacial score (nSPS) is 10.4. The first-order valence-corrected chi connectivity index (χ1v) is 8.63. The van der Waals surface area contributed by atoms with Gasteiger partial charge in [0.25, 0.3) is 0 Å². The van der Waals surface area contributed by atoms with E-state index in [0.717, 1.165) is 5.56 Å². The van der Waals surface area contributed by atoms with Crippen LogP contribution in [0.1, 0.15) is 32.3 Å². The summed E-state index contributed by atoms with van der Waals surface area (Å²) in [7, 11) is 0. The SMILES string of the molecule is C=CCC(CC#CCOCc1ccccc1)(C(=O)OCC)C(=O)OCC. The van der Waals surface area contributed by atoms with Crippen LogP contribution in [-0.4, -0.2) is 31.8 Å². The summed E-state index contributed by atoms with van der Waals surface area (Å²) >= 11 is 0. The molecule has 1 aromatic carbocycles. The van der Waals surface area contributed by atoms with Crippen LogP contribution in [0.3, 0.4) is 0 Å². The summed E-state index contributed by atoms with van der Waals surface area (Å²) in [4.78, 5) is 24.8. The zero-order chi connectivity index (χ0) is 19.3. The average molecular weight is 358 g/mol. The van der Waals surface area contributed by atoms with Crippen LogP contribution >= 0.6 is 0 Å². The highest BCUT2D eigenvalue weighted by Crippen LogP contribution is 2.31. The molecule has 5 nitrogen and oxygen atoms in total. The van der Waals surface area contributed by atoms with Crippen molar-refractivity contribution in [3.05, 3.63) is 48.6 Å². The molecule has 0 N–H and O–H groups in total. The second-order valence-corrected chi connectivity index (χ2v) is 5.52. The Balaban J connectivity index is 2.74. The van der Waals surface area contributed by atoms with Crippen LogP contribution in [0, 0.1) is 17.3 Å². The zero-order valence-electron chi connectivity index (χ0n) is 15.5. The van der Waals surface area contributed by atoms with Crippen molar-refractivity contribution in [3.63, 3.8) is 0 Å². The minimum atomic E-state index is -1.49. The molecular weight excluding hydrogens is 332 g/mol. The molecule has 5 heteroatoms. The van der Waals surface area contributed by atoms with Crippen molar-refractivity contribution in [2.45, 2.75) is 33.3 Å². The quantitative estimate of drug-likeness (QED) is 0.211. The topological polar surface area (TPSA) is 61.8 Å². The van der Waals surface area contributed by atoms with E-state index in [1.54, 1.807) is 13.8 Å². The highest BCUT2D eigenvalue weighted by atomic mass is 16.6. The number of esters is 2. The molecule has 0 saturated heterocycles. The number of allylic oxidation sites excluding steroid dienone is 1. The molecule has 0 aliphatic rings. The van der Waals surface area contributed by atoms with E-state index in [1.807, 2.05) is 30.3 Å². The van der Waals surface area contributed by atoms with Crippen LogP contribution < -0.4 is 0 Å². The molecule has 0 aliphatic carbocycles. The number of carbonyl (C=O) groups is 2. The Morgan fingerprint density at radius 3 is 2.23 bits per heavy atom. The monoisotopic (exact) mass is 358 g/mol. The molecule has 0 bridgehead atoms. The molecule has 0 saturated carbocycles. The van der Waals surface area contributed by atoms with Gasteiger partial charge in [0.05, 0.1) is 19.8 Å². The van der Waals surface area contributed by atoms with Gasteiger partial charge in [0.15, 0.2) is 5.41 Å². The Bertz CT molecular complexity index is 621. The number of rotatable bonds is 10. The summed E-state index contributed by atoms with van der Waals surface area (Å²) in [5.74, 6) is 4.41. The van der Waals surface area contributed by atoms with Gasteiger partial charge in [0, 0.05) is 6.42 Å². The van der Waals surface area contributed by atoms with Crippen LogP contribution in [0.2, 0.25) is 0 Å². The van der Waals surface area contributed by atoms with Gasteiger partial charge < -0.3 is 14.2 Å². The molecule has 0 fully saturated rings. The maximum atomic E-state index is 12.4. The molecule has 1 aromatic rings. The Morgan fingerprint density at radius 1 is 1.08 bits per heavy atom. The van der Waals surface area contributed by atoms with Crippen LogP contribution in [0.4, 0.5) is 0 Å². The van der Waals surface area contributed by atoms with Crippen molar-refractivity contribution in [1.29, 1.82) is 0 Å². The largest absolute Gasteiger partial charge is 0.465 e. The van der Waals surface area contributed by atoms with Gasteiger partial charge in [-0.3, -0.25) is 9.59 Å². The van der Waals surface area contributed by atoms with E-state index >= 15 is 0 Å². The van der Waals surface area contributed by atoms with E-state index in [2.05, 4.69) is 18.4 Å². The third-order valence-corrected chi connectivity index (χ3v) is 3.63. The van der Waals surface area contributed by atoms with Gasteiger partial charge in [-0.15, -0.1) is 6.58 Å². The average Bonchev–Trinajstić information content (AvgIpc) is 2.64. The summed E-state index contributed by atoms with van der Waals surface area (Å²) in [6, 6.07) is 9.74. The summed E-state index contributed by atoms with van der Waals surface area (Å²) in [6.45, 7) is 7.99. The number of hydrogen-bond donors (Lipinski definition) is 0. The van der Waals surface area contributed by atoms with E-state index in [0.29, 0.717) is 6.61 Å². The lowest BCUT2D eigenvalue weighted by atomic mass is 9.81. The van der Waals surface area contributed by atoms with Gasteiger partial charge >= 0.3 is 11.9 Å². The highest BCUT2D eigenvalue weighted by Gasteiger charge is 2.47. The first-order valence-electron chi connectivity index (χ1n) is 8.63. The van der Waals surface area contributed by atoms with Crippen LogP contribution in [-0.2, 0) is 30.4 Å². The molecule has 0 aliphatic heterocycles. The summed E-state index contributed by atoms with van der Waals surface area (Å²) in [6.07, 6.45) is 1.59. The van der Waals surface area contributed by atoms with E-state index in [9.17, 15) is 9.59 Å². The van der Waals surface area contributed by atoms with Crippen LogP contribution in [0.15, 0.2) is 43.0 Å². The van der Waals surface area contributed by atoms with Gasteiger partial charge in [-0.25, -0.2) is 0 Å². The molecule has 26 heavy (non-hydrogen) atoms. The van der Waals surface area contributed by atoms with Crippen molar-refractivity contribution in [2.75, 3.05) is 19.8 Å². The van der Waals surface area contributed by atoms with Gasteiger partial charge in [-0.1, -0.05) is 48.2 Å². The minimum Gasteiger partial charge on any atom is -0.465 e. The van der Waals surface area contributed by atoms with Crippen molar-refractivity contribution >= 4 is 11.9 Å². The maximum absolute atomic E-state index is 12.4. The van der Waals surface area contributed by atoms with Crippen molar-refractivity contribution < 1.29 is 23.8 Å². The van der Waals surface area contributed by atoms with E-state index in [-0.39, 0.29) is 32.7 Å². The van der Waals surface area contributed by atoms with Gasteiger partial charge in [0.2, 0.25) is 0 Å². The van der Waals surface area contributed by atoms with E-state index < -0.39 is 17.4 Å². The second kappa shape index (κ2) is 11.9. The third-order valence-electron chi connectivity index (χ3n) is 3.63. The van der Waals surface area contributed by atoms with Crippen LogP contribution in [0.5, 0.6) is 0 Å². The second-order valence-electron chi connectivity index (χ2n) is 5.52. The lowest BCUT2D eigenvalue weighted by Crippen LogP contribution is -2.41. The minimum absolute atomic E-state index is 0.00855. The molecule has 0 unspecified atom stereocenters. The third kappa shape index (κ3) is 6.38. The predicted octanol–water partition coefficient (Wildman–Crippen LogP) is 3.29. The Labute approximate surface area is 155 Å². The zero-order valence-corrected chi connectivity index (χ0v) is 15.5. The van der Waals surface area contributed by atoms with Crippen molar-refractivity contribution in [2.24, 2.45) is 5.41 Å². The molecule has 0 amide bonds. The first kappa shape index (κ1) is 21.5. The fraction of sp³-hybridized carbons (Fsp3) is 0.429. The number of hydrogen-bond acceptors (Lipinski definition) is 5. The Morgan fingerprint density at radius 2 is 1.69 bits per heavy atom. The molecule has 0 radical (unpaired) electrons. The predicted molar refractivity (Wildman–Crippen MR) is 99.0 cm³/mol. The molecule has 0 atom stereocenters. The summed E-state index contributed by atoms with van der Waals surface area (Å²) in [5, 5.41) is 0. The molecular formula is C21H26O5. The smallest absolute Gasteiger partial charge is 0.324 e. The summed E-state index contributed by atoms with van der Waals surface area (Å²) in [5.41, 5.74) is -0.437. The van der Waals surface area contributed by atoms with Gasteiger partial charge in [0.1, 0.15) is 6.61 Å². The van der Waals surface area contributed by atoms with Crippen molar-refractivity contribution in [1.82, 2.24) is 0 Å². The Kier molecular flexibility index (Phi) is 9.81. The number of carbonyl (C=O) groups excluding carboxylic acids is 2. The molecule has 0 heterocycles. The van der Waals surface area contributed by atoms with E-state index in [1.165, 1.54) is 6.08 Å². The lowest BCUT2D eigenvalue weighted by molar-refractivity contribution is -0.171. The fourth-order valence-electron chi connectivity index (χ4n) is 2.31. The molecule has 1 rings (SSSR count). The first-order chi connectivity index (χ1) is 12.6. The van der Waals surface area contributed by atoms with Gasteiger partial charge in [-0.05, 0) is 25.8 Å². The Hall–Kier alpha value is -2.58. The van der Waals surface area contributed by atoms with Crippen LogP contribution in [0.25, 0.3) is 0 Å². The van der Waals surface area contributed by atoms with E-state index in [4.69, 9.17) is 14.2 Å². The van der Waals surface area contributed by atoms with Gasteiger partial charge in [-0.2, -0.15) is 0 Å². The standard InChI is InChI=1S/C21H26O5/c1-4-14-21(19(22)25-5-2,20(23)26-6-3)15-10-11-16-24-17-18-12-8-7-9-13-18/h4,7-9,12-13H,1,5-6,14-17H2,2-3H3. The number of benzene rings is 1. The number of ether oxygens (including phenoxy) is 3. The lowest BCUT2D eigenvalue weighted by Gasteiger charge is -2.26. The highest BCUT2D eigenvalue weighted by molar-refractivity contribution is 6.00. The van der Waals surface area contributed by atoms with Crippen molar-refractivity contribution in [3.8, 4) is 11.8 Å². The summed E-state index contributed by atoms with van der Waals surface area (Å²) < 4.78 is 15.6. The molecule has 0 spiro atoms. The molecule has 140 valence electrons. The fourth-order valence-corrected chi connectivity index (χ4v) is 2.31.